The van der Waals surface area contributed by atoms with Crippen LogP contribution >= 0.6 is 31.9 Å². The summed E-state index contributed by atoms with van der Waals surface area (Å²) in [5, 5.41) is 19.1. The molecule has 0 atom stereocenters. The van der Waals surface area contributed by atoms with Gasteiger partial charge in [0.2, 0.25) is 0 Å². The SMILES string of the molecule is CC(C)(C)C1=CC(=C(/N=N/c2ccc(Br)cc2)c2cccc(C(/N=N/c3ccc(Br)cc3)=C3C=C(C(C)(C)C)C(=O)C(C(C)(C)C)=C3)n2)C=C(C(C)(C)C)C1=O. The number of carbonyl (C=O) groups excluding carboxylic acids is 2. The predicted octanol–water partition coefficient (Wildman–Crippen LogP) is 14.7. The van der Waals surface area contributed by atoms with E-state index in [1.807, 2.05) is 174 Å². The minimum Gasteiger partial charge on any atom is -0.289 e. The van der Waals surface area contributed by atoms with Crippen molar-refractivity contribution in [1.82, 2.24) is 4.98 Å². The molecule has 0 aliphatic heterocycles. The minimum absolute atomic E-state index is 0.0229. The molecule has 1 aromatic heterocycles. The van der Waals surface area contributed by atoms with Gasteiger partial charge in [-0.1, -0.05) is 121 Å². The van der Waals surface area contributed by atoms with Crippen LogP contribution < -0.4 is 0 Å². The van der Waals surface area contributed by atoms with Crippen LogP contribution in [0, 0.1) is 21.7 Å². The second-order valence-electron chi connectivity index (χ2n) is 18.3. The molecule has 0 fully saturated rings. The van der Waals surface area contributed by atoms with Gasteiger partial charge in [0.1, 0.15) is 11.4 Å². The number of allylic oxidation sites excluding steroid dienone is 10. The number of benzene rings is 2. The maximum Gasteiger partial charge on any atom is 0.186 e. The lowest BCUT2D eigenvalue weighted by Gasteiger charge is -2.31. The monoisotopic (exact) mass is 875 g/mol. The van der Waals surface area contributed by atoms with Gasteiger partial charge in [-0.05, 0) is 107 Å². The number of hydrogen-bond donors (Lipinski definition) is 0. The quantitative estimate of drug-likeness (QED) is 0.231. The van der Waals surface area contributed by atoms with Crippen LogP contribution in [0.25, 0.3) is 11.4 Å². The molecule has 3 aromatic rings. The lowest BCUT2D eigenvalue weighted by Crippen LogP contribution is -2.28. The minimum atomic E-state index is -0.437. The summed E-state index contributed by atoms with van der Waals surface area (Å²) in [6.45, 7) is 24.6. The predicted molar refractivity (Wildman–Crippen MR) is 236 cm³/mol. The second-order valence-corrected chi connectivity index (χ2v) is 20.1. The van der Waals surface area contributed by atoms with Crippen molar-refractivity contribution in [2.24, 2.45) is 42.1 Å². The molecule has 0 radical (unpaired) electrons. The number of ketones is 2. The van der Waals surface area contributed by atoms with Crippen molar-refractivity contribution in [2.75, 3.05) is 0 Å². The van der Waals surface area contributed by atoms with Crippen molar-refractivity contribution in [2.45, 2.75) is 83.1 Å². The number of hydrogen-bond acceptors (Lipinski definition) is 7. The number of pyridine rings is 1. The highest BCUT2D eigenvalue weighted by Crippen LogP contribution is 2.43. The van der Waals surface area contributed by atoms with Gasteiger partial charge in [-0.15, -0.1) is 10.2 Å². The molecule has 290 valence electrons. The molecule has 0 N–H and O–H groups in total. The second kappa shape index (κ2) is 16.2. The van der Waals surface area contributed by atoms with Crippen LogP contribution in [0.1, 0.15) is 94.5 Å². The first-order chi connectivity index (χ1) is 25.9. The van der Waals surface area contributed by atoms with E-state index >= 15 is 0 Å². The van der Waals surface area contributed by atoms with Gasteiger partial charge >= 0.3 is 0 Å². The number of rotatable bonds is 6. The third-order valence-corrected chi connectivity index (χ3v) is 10.4. The van der Waals surface area contributed by atoms with Gasteiger partial charge in [0, 0.05) is 42.4 Å². The van der Waals surface area contributed by atoms with E-state index in [0.29, 0.717) is 56.4 Å². The van der Waals surface area contributed by atoms with E-state index in [0.717, 1.165) is 20.1 Å². The van der Waals surface area contributed by atoms with Crippen LogP contribution in [0.3, 0.4) is 0 Å². The fourth-order valence-corrected chi connectivity index (χ4v) is 6.73. The van der Waals surface area contributed by atoms with Gasteiger partial charge in [0.15, 0.2) is 11.6 Å². The Morgan fingerprint density at radius 2 is 0.750 bits per heavy atom. The molecule has 56 heavy (non-hydrogen) atoms. The highest BCUT2D eigenvalue weighted by molar-refractivity contribution is 9.10. The van der Waals surface area contributed by atoms with Gasteiger partial charge in [-0.2, -0.15) is 10.2 Å². The van der Waals surface area contributed by atoms with Crippen LogP contribution in [0.15, 0.2) is 154 Å². The lowest BCUT2D eigenvalue weighted by atomic mass is 9.71. The zero-order chi connectivity index (χ0) is 41.4. The molecule has 2 aromatic carbocycles. The highest BCUT2D eigenvalue weighted by atomic mass is 79.9. The molecular weight excluding hydrogens is 826 g/mol. The summed E-state index contributed by atoms with van der Waals surface area (Å²) >= 11 is 7.02. The summed E-state index contributed by atoms with van der Waals surface area (Å²) in [4.78, 5) is 33.2. The molecule has 0 saturated heterocycles. The first kappa shape index (κ1) is 42.7. The first-order valence-corrected chi connectivity index (χ1v) is 20.3. The molecule has 2 aliphatic rings. The average Bonchev–Trinajstić information content (AvgIpc) is 3.09. The van der Waals surface area contributed by atoms with Gasteiger partial charge < -0.3 is 0 Å². The zero-order valence-electron chi connectivity index (χ0n) is 34.5. The molecule has 5 rings (SSSR count). The molecule has 0 spiro atoms. The Bertz CT molecular complexity index is 2070. The van der Waals surface area contributed by atoms with Crippen LogP contribution in [0.4, 0.5) is 11.4 Å². The Labute approximate surface area is 349 Å². The van der Waals surface area contributed by atoms with E-state index in [1.165, 1.54) is 0 Å². The van der Waals surface area contributed by atoms with Crippen LogP contribution in [-0.2, 0) is 9.59 Å². The van der Waals surface area contributed by atoms with Gasteiger partial charge in [0.05, 0.1) is 22.8 Å². The molecule has 1 heterocycles. The molecule has 7 nitrogen and oxygen atoms in total. The fourth-order valence-electron chi connectivity index (χ4n) is 6.20. The standard InChI is InChI=1S/C47H51Br2N5O2/c1-44(2,3)34-24-28(25-35(42(34)55)45(4,5)6)40(53-51-32-20-16-30(48)17-21-32)38-14-13-15-39(50-38)41(54-52-33-22-18-31(49)19-23-33)29-26-36(46(7,8)9)43(56)37(27-29)47(10,11)12/h13-27H,1-12H3/b53-51+,54-52+. The molecule has 2 aliphatic carbocycles. The number of nitrogens with zero attached hydrogens (tertiary/aromatic N) is 5. The zero-order valence-corrected chi connectivity index (χ0v) is 37.6. The van der Waals surface area contributed by atoms with Gasteiger partial charge in [-0.25, -0.2) is 4.98 Å². The summed E-state index contributed by atoms with van der Waals surface area (Å²) in [5.74, 6) is 0.0458. The van der Waals surface area contributed by atoms with E-state index in [-0.39, 0.29) is 11.6 Å². The molecule has 0 unspecified atom stereocenters. The van der Waals surface area contributed by atoms with Gasteiger partial charge in [0.25, 0.3) is 0 Å². The largest absolute Gasteiger partial charge is 0.289 e. The van der Waals surface area contributed by atoms with E-state index in [2.05, 4.69) is 42.1 Å². The van der Waals surface area contributed by atoms with E-state index < -0.39 is 21.7 Å². The summed E-state index contributed by atoms with van der Waals surface area (Å²) < 4.78 is 1.86. The van der Waals surface area contributed by atoms with Crippen molar-refractivity contribution in [3.05, 3.63) is 145 Å². The third kappa shape index (κ3) is 10.1. The Kier molecular flexibility index (Phi) is 12.3. The topological polar surface area (TPSA) is 96.5 Å². The molecular formula is C47H51Br2N5O2. The molecule has 0 amide bonds. The Hall–Kier alpha value is -4.47. The maximum atomic E-state index is 14.0. The Morgan fingerprint density at radius 3 is 1.02 bits per heavy atom. The summed E-state index contributed by atoms with van der Waals surface area (Å²) in [7, 11) is 0. The van der Waals surface area contributed by atoms with Crippen molar-refractivity contribution in [1.29, 1.82) is 0 Å². The lowest BCUT2D eigenvalue weighted by molar-refractivity contribution is -0.114. The first-order valence-electron chi connectivity index (χ1n) is 18.7. The number of carbonyl (C=O) groups is 2. The summed E-state index contributed by atoms with van der Waals surface area (Å²) in [5.41, 5.74) is 5.82. The number of aromatic nitrogens is 1. The number of azo groups is 2. The van der Waals surface area contributed by atoms with E-state index in [1.54, 1.807) is 0 Å². The van der Waals surface area contributed by atoms with Gasteiger partial charge in [-0.3, -0.25) is 9.59 Å². The highest BCUT2D eigenvalue weighted by Gasteiger charge is 2.36. The smallest absolute Gasteiger partial charge is 0.186 e. The van der Waals surface area contributed by atoms with Crippen molar-refractivity contribution in [3.8, 4) is 0 Å². The summed E-state index contributed by atoms with van der Waals surface area (Å²) in [6, 6.07) is 20.9. The normalized spacial score (nSPS) is 16.0. The van der Waals surface area contributed by atoms with Crippen molar-refractivity contribution in [3.63, 3.8) is 0 Å². The molecule has 0 bridgehead atoms. The van der Waals surface area contributed by atoms with Crippen LogP contribution in [0.2, 0.25) is 0 Å². The maximum absolute atomic E-state index is 14.0. The van der Waals surface area contributed by atoms with Crippen molar-refractivity contribution >= 4 is 66.2 Å². The number of halogens is 2. The van der Waals surface area contributed by atoms with E-state index in [9.17, 15) is 9.59 Å². The Balaban J connectivity index is 1.85. The number of Topliss-reactive ketones (excluding diaryl/α,β-unsaturated/α-hetero) is 2. The molecule has 0 saturated carbocycles. The third-order valence-electron chi connectivity index (χ3n) is 9.38. The molecule has 9 heteroatoms. The van der Waals surface area contributed by atoms with Crippen LogP contribution in [-0.4, -0.2) is 16.6 Å². The average molecular weight is 878 g/mol. The van der Waals surface area contributed by atoms with Crippen molar-refractivity contribution < 1.29 is 9.59 Å². The Morgan fingerprint density at radius 1 is 0.464 bits per heavy atom. The van der Waals surface area contributed by atoms with Crippen LogP contribution in [0.5, 0.6) is 0 Å². The fraction of sp³-hybridized carbons (Fsp3) is 0.340. The van der Waals surface area contributed by atoms with E-state index in [4.69, 9.17) is 15.2 Å². The summed E-state index contributed by atoms with van der Waals surface area (Å²) in [6.07, 6.45) is 7.71.